The van der Waals surface area contributed by atoms with E-state index < -0.39 is 6.10 Å². The van der Waals surface area contributed by atoms with Crippen molar-refractivity contribution in [3.05, 3.63) is 64.1 Å². The Morgan fingerprint density at radius 3 is 2.92 bits per heavy atom. The van der Waals surface area contributed by atoms with Gasteiger partial charge in [0.1, 0.15) is 12.1 Å². The van der Waals surface area contributed by atoms with Crippen molar-refractivity contribution in [3.63, 3.8) is 0 Å². The van der Waals surface area contributed by atoms with E-state index >= 15 is 0 Å². The average molecular weight is 330 g/mol. The summed E-state index contributed by atoms with van der Waals surface area (Å²) >= 11 is 0. The molecule has 126 valence electrons. The fourth-order valence-corrected chi connectivity index (χ4v) is 2.86. The first-order valence-electron chi connectivity index (χ1n) is 7.93. The molecule has 0 fully saturated rings. The molecule has 2 heterocycles. The Bertz CT molecular complexity index is 903. The molecule has 0 aliphatic heterocycles. The van der Waals surface area contributed by atoms with E-state index in [1.165, 1.54) is 29.0 Å². The number of halogens is 1. The van der Waals surface area contributed by atoms with Gasteiger partial charge in [-0.1, -0.05) is 25.5 Å². The molecule has 6 nitrogen and oxygen atoms in total. The van der Waals surface area contributed by atoms with Gasteiger partial charge in [0.2, 0.25) is 5.78 Å². The van der Waals surface area contributed by atoms with Crippen molar-refractivity contribution in [2.45, 2.75) is 38.8 Å². The molecule has 3 aromatic rings. The number of aryl methyl sites for hydroxylation is 1. The third kappa shape index (κ3) is 3.35. The standard InChI is InChI=1S/C17H19FN4O2/c1-2-4-14-9-16(24)22-17(19-11-20-22)21(14)10-15(23)8-12-5-3-6-13(18)7-12/h3,5-7,9,11,15,23H,2,4,8,10H2,1H3. The lowest BCUT2D eigenvalue weighted by Gasteiger charge is -2.18. The monoisotopic (exact) mass is 330 g/mol. The van der Waals surface area contributed by atoms with Crippen LogP contribution in [0.2, 0.25) is 0 Å². The molecule has 0 bridgehead atoms. The van der Waals surface area contributed by atoms with Crippen LogP contribution < -0.4 is 5.56 Å². The zero-order valence-electron chi connectivity index (χ0n) is 13.4. The number of hydrogen-bond acceptors (Lipinski definition) is 4. The molecule has 0 amide bonds. The van der Waals surface area contributed by atoms with E-state index in [4.69, 9.17) is 0 Å². The van der Waals surface area contributed by atoms with E-state index in [0.29, 0.717) is 18.6 Å². The largest absolute Gasteiger partial charge is 0.391 e. The quantitative estimate of drug-likeness (QED) is 0.745. The number of aliphatic hydroxyl groups is 1. The first-order chi connectivity index (χ1) is 11.6. The second kappa shape index (κ2) is 6.92. The topological polar surface area (TPSA) is 72.4 Å². The third-order valence-electron chi connectivity index (χ3n) is 3.88. The first-order valence-corrected chi connectivity index (χ1v) is 7.93. The van der Waals surface area contributed by atoms with E-state index in [9.17, 15) is 14.3 Å². The van der Waals surface area contributed by atoms with Crippen LogP contribution in [0, 0.1) is 5.82 Å². The minimum atomic E-state index is -0.731. The highest BCUT2D eigenvalue weighted by molar-refractivity contribution is 5.30. The van der Waals surface area contributed by atoms with E-state index in [1.54, 1.807) is 12.1 Å². The predicted octanol–water partition coefficient (Wildman–Crippen LogP) is 1.59. The fraction of sp³-hybridized carbons (Fsp3) is 0.353. The third-order valence-corrected chi connectivity index (χ3v) is 3.88. The maximum absolute atomic E-state index is 13.3. The molecule has 1 aromatic carbocycles. The smallest absolute Gasteiger partial charge is 0.275 e. The molecule has 1 atom stereocenters. The molecule has 1 unspecified atom stereocenters. The van der Waals surface area contributed by atoms with E-state index in [1.807, 2.05) is 11.5 Å². The van der Waals surface area contributed by atoms with Crippen molar-refractivity contribution < 1.29 is 9.50 Å². The van der Waals surface area contributed by atoms with Crippen LogP contribution in [0.25, 0.3) is 5.78 Å². The lowest BCUT2D eigenvalue weighted by atomic mass is 10.1. The molecule has 0 radical (unpaired) electrons. The van der Waals surface area contributed by atoms with Gasteiger partial charge in [0, 0.05) is 18.2 Å². The molecular weight excluding hydrogens is 311 g/mol. The van der Waals surface area contributed by atoms with Crippen molar-refractivity contribution in [2.24, 2.45) is 0 Å². The van der Waals surface area contributed by atoms with Crippen molar-refractivity contribution in [1.29, 1.82) is 0 Å². The minimum absolute atomic E-state index is 0.234. The molecule has 24 heavy (non-hydrogen) atoms. The van der Waals surface area contributed by atoms with Crippen molar-refractivity contribution in [2.75, 3.05) is 0 Å². The number of aromatic nitrogens is 4. The summed E-state index contributed by atoms with van der Waals surface area (Å²) in [5.74, 6) is 0.0822. The van der Waals surface area contributed by atoms with Crippen LogP contribution in [0.1, 0.15) is 24.6 Å². The SMILES string of the molecule is CCCc1cc(=O)n2ncnc2n1CC(O)Cc1cccc(F)c1. The van der Waals surface area contributed by atoms with Gasteiger partial charge in [-0.25, -0.2) is 4.39 Å². The average Bonchev–Trinajstić information content (AvgIpc) is 3.01. The lowest BCUT2D eigenvalue weighted by Crippen LogP contribution is -2.27. The maximum atomic E-state index is 13.3. The van der Waals surface area contributed by atoms with Crippen LogP contribution in [0.4, 0.5) is 4.39 Å². The van der Waals surface area contributed by atoms with Gasteiger partial charge < -0.3 is 9.67 Å². The van der Waals surface area contributed by atoms with E-state index in [0.717, 1.165) is 17.7 Å². The summed E-state index contributed by atoms with van der Waals surface area (Å²) < 4.78 is 16.3. The Kier molecular flexibility index (Phi) is 4.71. The molecule has 0 aliphatic rings. The Balaban J connectivity index is 1.90. The van der Waals surface area contributed by atoms with Gasteiger partial charge in [-0.2, -0.15) is 14.6 Å². The molecule has 2 aromatic heterocycles. The summed E-state index contributed by atoms with van der Waals surface area (Å²) in [7, 11) is 0. The van der Waals surface area contributed by atoms with Gasteiger partial charge in [0.25, 0.3) is 5.56 Å². The van der Waals surface area contributed by atoms with Crippen LogP contribution in [0.15, 0.2) is 41.5 Å². The van der Waals surface area contributed by atoms with Gasteiger partial charge in [0.05, 0.1) is 12.6 Å². The van der Waals surface area contributed by atoms with Crippen LogP contribution in [-0.4, -0.2) is 30.4 Å². The van der Waals surface area contributed by atoms with Gasteiger partial charge >= 0.3 is 0 Å². The second-order valence-corrected chi connectivity index (χ2v) is 5.79. The lowest BCUT2D eigenvalue weighted by molar-refractivity contribution is 0.153. The van der Waals surface area contributed by atoms with Crippen molar-refractivity contribution in [3.8, 4) is 0 Å². The van der Waals surface area contributed by atoms with Crippen molar-refractivity contribution >= 4 is 5.78 Å². The number of fused-ring (bicyclic) bond motifs is 1. The van der Waals surface area contributed by atoms with Gasteiger partial charge in [0.15, 0.2) is 0 Å². The van der Waals surface area contributed by atoms with Crippen LogP contribution in [0.3, 0.4) is 0 Å². The molecule has 0 spiro atoms. The highest BCUT2D eigenvalue weighted by Crippen LogP contribution is 2.11. The van der Waals surface area contributed by atoms with Crippen LogP contribution in [-0.2, 0) is 19.4 Å². The zero-order chi connectivity index (χ0) is 17.1. The Labute approximate surface area is 138 Å². The molecule has 1 N–H and O–H groups in total. The Morgan fingerprint density at radius 1 is 1.33 bits per heavy atom. The molecule has 7 heteroatoms. The normalized spacial score (nSPS) is 12.6. The predicted molar refractivity (Wildman–Crippen MR) is 87.4 cm³/mol. The molecule has 0 saturated heterocycles. The van der Waals surface area contributed by atoms with Crippen molar-refractivity contribution in [1.82, 2.24) is 19.2 Å². The molecule has 0 aliphatic carbocycles. The van der Waals surface area contributed by atoms with E-state index in [2.05, 4.69) is 10.1 Å². The number of aliphatic hydroxyl groups excluding tert-OH is 1. The number of benzene rings is 1. The maximum Gasteiger partial charge on any atom is 0.275 e. The summed E-state index contributed by atoms with van der Waals surface area (Å²) in [6, 6.07) is 7.71. The van der Waals surface area contributed by atoms with E-state index in [-0.39, 0.29) is 17.9 Å². The summed E-state index contributed by atoms with van der Waals surface area (Å²) in [4.78, 5) is 16.2. The van der Waals surface area contributed by atoms with Crippen LogP contribution in [0.5, 0.6) is 0 Å². The van der Waals surface area contributed by atoms with Gasteiger partial charge in [-0.15, -0.1) is 0 Å². The highest BCUT2D eigenvalue weighted by Gasteiger charge is 2.15. The zero-order valence-corrected chi connectivity index (χ0v) is 13.4. The first kappa shape index (κ1) is 16.3. The molecular formula is C17H19FN4O2. The Morgan fingerprint density at radius 2 is 2.17 bits per heavy atom. The number of nitrogens with zero attached hydrogens (tertiary/aromatic N) is 4. The summed E-state index contributed by atoms with van der Waals surface area (Å²) in [5, 5.41) is 14.4. The van der Waals surface area contributed by atoms with Gasteiger partial charge in [-0.05, 0) is 24.1 Å². The number of hydrogen-bond donors (Lipinski definition) is 1. The summed E-state index contributed by atoms with van der Waals surface area (Å²) in [5.41, 5.74) is 1.29. The molecule has 0 saturated carbocycles. The fourth-order valence-electron chi connectivity index (χ4n) is 2.86. The summed E-state index contributed by atoms with van der Waals surface area (Å²) in [6.07, 6.45) is 2.47. The van der Waals surface area contributed by atoms with Crippen LogP contribution >= 0.6 is 0 Å². The highest BCUT2D eigenvalue weighted by atomic mass is 19.1. The molecule has 3 rings (SSSR count). The summed E-state index contributed by atoms with van der Waals surface area (Å²) in [6.45, 7) is 2.28. The second-order valence-electron chi connectivity index (χ2n) is 5.79. The van der Waals surface area contributed by atoms with Gasteiger partial charge in [-0.3, -0.25) is 4.79 Å². The number of rotatable bonds is 6. The minimum Gasteiger partial charge on any atom is -0.391 e. The Hall–Kier alpha value is -2.54.